The second kappa shape index (κ2) is 12.3. The number of benzene rings is 1. The molecule has 3 aromatic rings. The number of aromatic nitrogens is 2. The van der Waals surface area contributed by atoms with Gasteiger partial charge in [-0.2, -0.15) is 0 Å². The molecule has 2 fully saturated rings. The van der Waals surface area contributed by atoms with Gasteiger partial charge in [0.2, 0.25) is 0 Å². The third-order valence-electron chi connectivity index (χ3n) is 8.78. The van der Waals surface area contributed by atoms with Gasteiger partial charge in [-0.15, -0.1) is 0 Å². The number of hydrogen-bond acceptors (Lipinski definition) is 7. The van der Waals surface area contributed by atoms with Crippen LogP contribution in [-0.2, 0) is 18.3 Å². The minimum absolute atomic E-state index is 0.0746. The number of methoxy groups -OCH3 is 2. The van der Waals surface area contributed by atoms with Crippen molar-refractivity contribution in [2.24, 2.45) is 18.9 Å². The molecule has 0 unspecified atom stereocenters. The summed E-state index contributed by atoms with van der Waals surface area (Å²) in [5, 5.41) is 1.43. The lowest BCUT2D eigenvalue weighted by Gasteiger charge is -2.40. The molecule has 5 rings (SSSR count). The van der Waals surface area contributed by atoms with E-state index in [1.54, 1.807) is 38.2 Å². The number of fused-ring (bicyclic) bond motifs is 1. The Morgan fingerprint density at radius 3 is 2.12 bits per heavy atom. The highest BCUT2D eigenvalue weighted by Gasteiger charge is 2.33. The minimum atomic E-state index is -0.458. The van der Waals surface area contributed by atoms with Crippen molar-refractivity contribution in [1.82, 2.24) is 19.4 Å². The fourth-order valence-corrected chi connectivity index (χ4v) is 6.52. The zero-order valence-electron chi connectivity index (χ0n) is 25.8. The summed E-state index contributed by atoms with van der Waals surface area (Å²) < 4.78 is 19.0. The van der Waals surface area contributed by atoms with Gasteiger partial charge in [0.05, 0.1) is 25.2 Å². The monoisotopic (exact) mass is 576 g/mol. The van der Waals surface area contributed by atoms with Crippen LogP contribution in [0.4, 0.5) is 4.79 Å². The number of piperidine rings is 2. The van der Waals surface area contributed by atoms with Crippen molar-refractivity contribution >= 4 is 16.9 Å². The van der Waals surface area contributed by atoms with Gasteiger partial charge < -0.3 is 23.7 Å². The van der Waals surface area contributed by atoms with Gasteiger partial charge in [-0.05, 0) is 101 Å². The topological polar surface area (TPSA) is 86.1 Å². The van der Waals surface area contributed by atoms with Crippen molar-refractivity contribution in [2.75, 3.05) is 40.4 Å². The Morgan fingerprint density at radius 1 is 0.952 bits per heavy atom. The lowest BCUT2D eigenvalue weighted by atomic mass is 9.79. The molecule has 0 bridgehead atoms. The average Bonchev–Trinajstić information content (AvgIpc) is 2.98. The molecule has 2 aliphatic heterocycles. The summed E-state index contributed by atoms with van der Waals surface area (Å²) in [5.41, 5.74) is 2.35. The fourth-order valence-electron chi connectivity index (χ4n) is 6.52. The molecule has 0 radical (unpaired) electrons. The van der Waals surface area contributed by atoms with Gasteiger partial charge in [0.1, 0.15) is 17.1 Å². The van der Waals surface area contributed by atoms with Gasteiger partial charge in [0.25, 0.3) is 5.56 Å². The zero-order valence-corrected chi connectivity index (χ0v) is 25.8. The van der Waals surface area contributed by atoms with Crippen molar-refractivity contribution < 1.29 is 19.0 Å². The number of carbonyl (C=O) groups excluding carboxylic acids is 1. The summed E-state index contributed by atoms with van der Waals surface area (Å²) >= 11 is 0. The molecule has 9 nitrogen and oxygen atoms in total. The molecule has 4 heterocycles. The van der Waals surface area contributed by atoms with Crippen LogP contribution in [0.25, 0.3) is 21.9 Å². The molecule has 1 aromatic carbocycles. The summed E-state index contributed by atoms with van der Waals surface area (Å²) in [6, 6.07) is 5.97. The predicted molar refractivity (Wildman–Crippen MR) is 164 cm³/mol. The predicted octanol–water partition coefficient (Wildman–Crippen LogP) is 5.48. The molecule has 0 N–H and O–H groups in total. The number of amides is 1. The summed E-state index contributed by atoms with van der Waals surface area (Å²) in [4.78, 5) is 33.7. The zero-order chi connectivity index (χ0) is 30.0. The largest absolute Gasteiger partial charge is 0.496 e. The van der Waals surface area contributed by atoms with Crippen LogP contribution >= 0.6 is 0 Å². The highest BCUT2D eigenvalue weighted by molar-refractivity contribution is 5.95. The molecule has 0 aliphatic carbocycles. The molecule has 0 spiro atoms. The van der Waals surface area contributed by atoms with Gasteiger partial charge >= 0.3 is 6.09 Å². The molecule has 2 saturated heterocycles. The first-order chi connectivity index (χ1) is 20.1. The van der Waals surface area contributed by atoms with E-state index < -0.39 is 5.60 Å². The van der Waals surface area contributed by atoms with E-state index in [4.69, 9.17) is 14.2 Å². The van der Waals surface area contributed by atoms with E-state index in [1.807, 2.05) is 50.1 Å². The smallest absolute Gasteiger partial charge is 0.410 e. The molecular formula is C33H44N4O5. The van der Waals surface area contributed by atoms with Gasteiger partial charge in [0, 0.05) is 50.8 Å². The van der Waals surface area contributed by atoms with Crippen LogP contribution < -0.4 is 15.0 Å². The first-order valence-electron chi connectivity index (χ1n) is 15.0. The summed E-state index contributed by atoms with van der Waals surface area (Å²) in [7, 11) is 5.15. The maximum absolute atomic E-state index is 12.7. The van der Waals surface area contributed by atoms with Crippen molar-refractivity contribution in [3.63, 3.8) is 0 Å². The van der Waals surface area contributed by atoms with E-state index in [9.17, 15) is 9.59 Å². The highest BCUT2D eigenvalue weighted by Crippen LogP contribution is 2.39. The van der Waals surface area contributed by atoms with Gasteiger partial charge in [0.15, 0.2) is 0 Å². The number of likely N-dealkylation sites (tertiary alicyclic amines) is 2. The maximum Gasteiger partial charge on any atom is 0.410 e. The van der Waals surface area contributed by atoms with Crippen LogP contribution in [0.3, 0.4) is 0 Å². The Balaban J connectivity index is 1.26. The lowest BCUT2D eigenvalue weighted by molar-refractivity contribution is 0.0134. The molecule has 2 aromatic heterocycles. The SMILES string of the molecule is COc1cc(-c2cn(C)c(=O)c3cnccc23)cc(OC)c1CN1CCC(C2CCN(C(=O)OC(C)(C)C)CC2)CC1. The Bertz CT molecular complexity index is 1450. The van der Waals surface area contributed by atoms with Crippen LogP contribution in [0.2, 0.25) is 0 Å². The average molecular weight is 577 g/mol. The first kappa shape index (κ1) is 29.9. The molecule has 1 amide bonds. The van der Waals surface area contributed by atoms with Crippen molar-refractivity contribution in [1.29, 1.82) is 0 Å². The van der Waals surface area contributed by atoms with Crippen molar-refractivity contribution in [3.05, 3.63) is 52.7 Å². The van der Waals surface area contributed by atoms with Crippen molar-refractivity contribution in [2.45, 2.75) is 58.6 Å². The van der Waals surface area contributed by atoms with E-state index in [0.717, 1.165) is 92.0 Å². The van der Waals surface area contributed by atoms with Gasteiger partial charge in [-0.25, -0.2) is 4.79 Å². The second-order valence-electron chi connectivity index (χ2n) is 12.7. The van der Waals surface area contributed by atoms with Crippen LogP contribution in [-0.4, -0.2) is 71.4 Å². The highest BCUT2D eigenvalue weighted by atomic mass is 16.6. The number of carbonyl (C=O) groups is 1. The molecule has 2 aliphatic rings. The third kappa shape index (κ3) is 6.41. The molecule has 226 valence electrons. The number of rotatable bonds is 6. The van der Waals surface area contributed by atoms with E-state index in [-0.39, 0.29) is 11.7 Å². The molecule has 42 heavy (non-hydrogen) atoms. The van der Waals surface area contributed by atoms with Crippen LogP contribution in [0, 0.1) is 11.8 Å². The minimum Gasteiger partial charge on any atom is -0.496 e. The lowest BCUT2D eigenvalue weighted by Crippen LogP contribution is -2.44. The molecule has 0 atom stereocenters. The molecular weight excluding hydrogens is 532 g/mol. The first-order valence-corrected chi connectivity index (χ1v) is 15.0. The van der Waals surface area contributed by atoms with E-state index >= 15 is 0 Å². The summed E-state index contributed by atoms with van der Waals surface area (Å²) in [6.45, 7) is 10.1. The van der Waals surface area contributed by atoms with E-state index in [2.05, 4.69) is 9.88 Å². The Hall–Kier alpha value is -3.59. The Kier molecular flexibility index (Phi) is 8.78. The van der Waals surface area contributed by atoms with E-state index in [0.29, 0.717) is 17.2 Å². The number of ether oxygens (including phenoxy) is 3. The number of hydrogen-bond donors (Lipinski definition) is 0. The molecule has 0 saturated carbocycles. The number of pyridine rings is 2. The normalized spacial score (nSPS) is 17.4. The number of aryl methyl sites for hydroxylation is 1. The molecule has 9 heteroatoms. The Labute approximate surface area is 248 Å². The van der Waals surface area contributed by atoms with Gasteiger partial charge in [-0.3, -0.25) is 14.7 Å². The maximum atomic E-state index is 12.7. The van der Waals surface area contributed by atoms with Crippen LogP contribution in [0.1, 0.15) is 52.0 Å². The van der Waals surface area contributed by atoms with Gasteiger partial charge in [-0.1, -0.05) is 0 Å². The fraction of sp³-hybridized carbons (Fsp3) is 0.545. The quantitative estimate of drug-likeness (QED) is 0.384. The van der Waals surface area contributed by atoms with Crippen molar-refractivity contribution in [3.8, 4) is 22.6 Å². The summed E-state index contributed by atoms with van der Waals surface area (Å²) in [6.07, 6.45) is 9.40. The number of nitrogens with zero attached hydrogens (tertiary/aromatic N) is 4. The van der Waals surface area contributed by atoms with E-state index in [1.165, 1.54) is 0 Å². The summed E-state index contributed by atoms with van der Waals surface area (Å²) in [5.74, 6) is 2.89. The van der Waals surface area contributed by atoms with Crippen LogP contribution in [0.5, 0.6) is 11.5 Å². The van der Waals surface area contributed by atoms with Crippen LogP contribution in [0.15, 0.2) is 41.6 Å². The third-order valence-corrected chi connectivity index (χ3v) is 8.78. The standard InChI is InChI=1S/C33H44N4O5/c1-33(2,3)42-32(39)37-15-10-23(11-16-37)22-8-13-36(14-9-22)21-28-29(40-5)17-24(18-30(28)41-6)27-20-35(4)31(38)26-19-34-12-7-25(26)27/h7,12,17-20,22-23H,8-11,13-16,21H2,1-6H3. The second-order valence-corrected chi connectivity index (χ2v) is 12.7. The Morgan fingerprint density at radius 2 is 1.55 bits per heavy atom.